The van der Waals surface area contributed by atoms with Gasteiger partial charge in [0, 0.05) is 23.8 Å². The van der Waals surface area contributed by atoms with E-state index in [9.17, 15) is 19.8 Å². The molecule has 2 saturated heterocycles. The number of hydrogen-bond donors (Lipinski definition) is 3. The highest BCUT2D eigenvalue weighted by atomic mass is 16.6. The van der Waals surface area contributed by atoms with Crippen molar-refractivity contribution in [1.29, 1.82) is 0 Å². The number of Topliss-reactive ketones (excluding diaryl/α,β-unsaturated/α-hetero) is 1. The van der Waals surface area contributed by atoms with E-state index in [-0.39, 0.29) is 47.2 Å². The highest BCUT2D eigenvalue weighted by molar-refractivity contribution is 5.91. The summed E-state index contributed by atoms with van der Waals surface area (Å²) in [5.74, 6) is -1.41. The molecule has 2 aliphatic carbocycles. The zero-order valence-corrected chi connectivity index (χ0v) is 20.3. The van der Waals surface area contributed by atoms with Crippen LogP contribution in [0, 0.1) is 29.1 Å². The normalized spacial score (nSPS) is 49.6. The number of epoxide rings is 1. The number of ether oxygens (including phenoxy) is 1. The minimum absolute atomic E-state index is 0.0176. The zero-order valence-electron chi connectivity index (χ0n) is 20.3. The predicted octanol–water partition coefficient (Wildman–Crippen LogP) is 2.59. The van der Waals surface area contributed by atoms with Gasteiger partial charge in [-0.1, -0.05) is 62.4 Å². The molecule has 2 aliphatic heterocycles. The van der Waals surface area contributed by atoms with Crippen LogP contribution in [-0.4, -0.2) is 51.4 Å². The quantitative estimate of drug-likeness (QED) is 0.461. The van der Waals surface area contributed by atoms with Crippen LogP contribution in [0.1, 0.15) is 39.7 Å². The number of rotatable bonds is 2. The van der Waals surface area contributed by atoms with Crippen molar-refractivity contribution < 1.29 is 24.5 Å². The molecule has 6 nitrogen and oxygen atoms in total. The Bertz CT molecular complexity index is 1050. The first-order valence-electron chi connectivity index (χ1n) is 12.4. The van der Waals surface area contributed by atoms with E-state index in [0.29, 0.717) is 12.8 Å². The average Bonchev–Trinajstić information content (AvgIpc) is 3.42. The van der Waals surface area contributed by atoms with Crippen LogP contribution in [0.2, 0.25) is 0 Å². The molecule has 0 bridgehead atoms. The van der Waals surface area contributed by atoms with Crippen LogP contribution < -0.4 is 5.32 Å². The summed E-state index contributed by atoms with van der Waals surface area (Å²) in [4.78, 5) is 26.7. The molecule has 2 heterocycles. The Balaban J connectivity index is 1.64. The molecule has 4 aliphatic rings. The van der Waals surface area contributed by atoms with Crippen LogP contribution in [0.15, 0.2) is 54.6 Å². The van der Waals surface area contributed by atoms with Crippen molar-refractivity contribution in [3.63, 3.8) is 0 Å². The summed E-state index contributed by atoms with van der Waals surface area (Å²) in [5.41, 5.74) is -2.12. The smallest absolute Gasteiger partial charge is 0.230 e. The van der Waals surface area contributed by atoms with Crippen molar-refractivity contribution in [2.24, 2.45) is 29.1 Å². The molecule has 0 radical (unpaired) electrons. The molecule has 5 rings (SSSR count). The largest absolute Gasteiger partial charge is 0.388 e. The molecule has 0 aromatic heterocycles. The molecule has 6 heteroatoms. The number of carbonyl (C=O) groups excluding carboxylic acids is 2. The zero-order chi connectivity index (χ0) is 24.5. The Morgan fingerprint density at radius 3 is 2.53 bits per heavy atom. The van der Waals surface area contributed by atoms with Gasteiger partial charge >= 0.3 is 0 Å². The van der Waals surface area contributed by atoms with Crippen LogP contribution in [0.5, 0.6) is 0 Å². The van der Waals surface area contributed by atoms with Gasteiger partial charge in [-0.05, 0) is 44.2 Å². The van der Waals surface area contributed by atoms with Gasteiger partial charge in [0.25, 0.3) is 0 Å². The molecule has 3 fully saturated rings. The van der Waals surface area contributed by atoms with Gasteiger partial charge < -0.3 is 20.3 Å². The number of ketones is 1. The maximum absolute atomic E-state index is 13.9. The molecule has 1 spiro atoms. The van der Waals surface area contributed by atoms with Gasteiger partial charge in [-0.15, -0.1) is 0 Å². The molecule has 1 saturated carbocycles. The summed E-state index contributed by atoms with van der Waals surface area (Å²) >= 11 is 0. The summed E-state index contributed by atoms with van der Waals surface area (Å²) < 4.78 is 6.28. The van der Waals surface area contributed by atoms with E-state index in [4.69, 9.17) is 4.74 Å². The molecule has 3 N–H and O–H groups in total. The van der Waals surface area contributed by atoms with E-state index < -0.39 is 23.0 Å². The average molecular weight is 466 g/mol. The third kappa shape index (κ3) is 3.26. The number of hydrogen-bond acceptors (Lipinski definition) is 5. The Labute approximate surface area is 201 Å². The minimum Gasteiger partial charge on any atom is -0.388 e. The molecule has 1 unspecified atom stereocenters. The second-order valence-corrected chi connectivity index (χ2v) is 11.1. The second kappa shape index (κ2) is 7.87. The Kier molecular flexibility index (Phi) is 5.43. The first-order valence-corrected chi connectivity index (χ1v) is 12.4. The fourth-order valence-electron chi connectivity index (χ4n) is 7.04. The summed E-state index contributed by atoms with van der Waals surface area (Å²) in [6, 6.07) is 9.89. The van der Waals surface area contributed by atoms with E-state index in [0.717, 1.165) is 5.56 Å². The number of allylic oxidation sites excluding steroid dienone is 1. The molecule has 182 valence electrons. The van der Waals surface area contributed by atoms with Crippen molar-refractivity contribution in [3.8, 4) is 0 Å². The number of fused-ring (bicyclic) bond motifs is 2. The summed E-state index contributed by atoms with van der Waals surface area (Å²) in [6.07, 6.45) is 6.48. The lowest BCUT2D eigenvalue weighted by atomic mass is 9.51. The third-order valence-corrected chi connectivity index (χ3v) is 9.07. The van der Waals surface area contributed by atoms with Crippen molar-refractivity contribution in [2.75, 3.05) is 0 Å². The fourth-order valence-corrected chi connectivity index (χ4v) is 7.04. The predicted molar refractivity (Wildman–Crippen MR) is 128 cm³/mol. The summed E-state index contributed by atoms with van der Waals surface area (Å²) in [6.45, 7) is 7.46. The van der Waals surface area contributed by atoms with Crippen molar-refractivity contribution >= 4 is 11.7 Å². The van der Waals surface area contributed by atoms with Crippen LogP contribution in [0.4, 0.5) is 0 Å². The number of aliphatic hydroxyl groups is 2. The van der Waals surface area contributed by atoms with Crippen molar-refractivity contribution in [1.82, 2.24) is 5.32 Å². The minimum atomic E-state index is -1.72. The van der Waals surface area contributed by atoms with E-state index in [2.05, 4.69) is 31.3 Å². The lowest BCUT2D eigenvalue weighted by molar-refractivity contribution is -0.142. The fraction of sp³-hybridized carbons (Fsp3) is 0.571. The van der Waals surface area contributed by atoms with Gasteiger partial charge in [-0.2, -0.15) is 0 Å². The van der Waals surface area contributed by atoms with E-state index in [1.54, 1.807) is 6.92 Å². The Hall–Kier alpha value is -2.28. The Morgan fingerprint density at radius 1 is 1.12 bits per heavy atom. The van der Waals surface area contributed by atoms with Crippen LogP contribution >= 0.6 is 0 Å². The maximum atomic E-state index is 13.9. The topological polar surface area (TPSA) is 99.2 Å². The van der Waals surface area contributed by atoms with Crippen molar-refractivity contribution in [2.45, 2.75) is 70.0 Å². The number of nitrogens with one attached hydrogen (secondary N) is 1. The standard InChI is InChI=1S/C28H35NO5/c1-16-9-8-12-19-24-27(4,34-24)17(2)22-20(15-18-10-6-5-7-11-18)29-25(32)28(19,22)21(30)13-14-26(3,33)23(16)31/h5-8,10-14,16-17,19-22,24,30,33H,9,15H2,1-4H3,(H,29,32)/b12-8-,14-13-/t16-,17-,19-,20-,21+,22-,24-,26+,27+,28?/m0/s1. The number of benzene rings is 1. The van der Waals surface area contributed by atoms with Gasteiger partial charge in [0.1, 0.15) is 5.60 Å². The molecule has 1 aromatic carbocycles. The number of carbonyl (C=O) groups is 2. The first-order chi connectivity index (χ1) is 16.0. The second-order valence-electron chi connectivity index (χ2n) is 11.1. The molecule has 34 heavy (non-hydrogen) atoms. The number of aliphatic hydroxyl groups excluding tert-OH is 1. The SMILES string of the molecule is C[C@H]1C/C=C\[C@H]2[C@@H]3O[C@]3(C)[C@@H](C)[C@H]3[C@H](Cc4ccccc4)NC(=O)C32[C@H](O)/C=C\[C@@](C)(O)C1=O. The molecule has 1 amide bonds. The van der Waals surface area contributed by atoms with Crippen LogP contribution in [0.3, 0.4) is 0 Å². The molecular weight excluding hydrogens is 430 g/mol. The van der Waals surface area contributed by atoms with Crippen LogP contribution in [-0.2, 0) is 20.7 Å². The lowest BCUT2D eigenvalue weighted by Crippen LogP contribution is -2.59. The monoisotopic (exact) mass is 465 g/mol. The first kappa shape index (κ1) is 23.5. The summed E-state index contributed by atoms with van der Waals surface area (Å²) in [7, 11) is 0. The van der Waals surface area contributed by atoms with Gasteiger partial charge in [-0.3, -0.25) is 9.59 Å². The summed E-state index contributed by atoms with van der Waals surface area (Å²) in [5, 5.41) is 25.8. The Morgan fingerprint density at radius 2 is 1.82 bits per heavy atom. The maximum Gasteiger partial charge on any atom is 0.230 e. The van der Waals surface area contributed by atoms with Gasteiger partial charge in [0.15, 0.2) is 5.78 Å². The molecule has 10 atom stereocenters. The van der Waals surface area contributed by atoms with Gasteiger partial charge in [0.05, 0.1) is 23.2 Å². The van der Waals surface area contributed by atoms with Gasteiger partial charge in [-0.25, -0.2) is 0 Å². The highest BCUT2D eigenvalue weighted by Crippen LogP contribution is 2.66. The van der Waals surface area contributed by atoms with E-state index in [1.165, 1.54) is 19.1 Å². The van der Waals surface area contributed by atoms with Crippen molar-refractivity contribution in [3.05, 3.63) is 60.2 Å². The molecular formula is C28H35NO5. The lowest BCUT2D eigenvalue weighted by Gasteiger charge is -2.48. The highest BCUT2D eigenvalue weighted by Gasteiger charge is 2.77. The van der Waals surface area contributed by atoms with Gasteiger partial charge in [0.2, 0.25) is 5.91 Å². The third-order valence-electron chi connectivity index (χ3n) is 9.07. The number of amides is 1. The van der Waals surface area contributed by atoms with Crippen LogP contribution in [0.25, 0.3) is 0 Å². The van der Waals surface area contributed by atoms with E-state index >= 15 is 0 Å². The van der Waals surface area contributed by atoms with E-state index in [1.807, 2.05) is 30.4 Å². The molecule has 1 aromatic rings.